The van der Waals surface area contributed by atoms with Crippen LogP contribution >= 0.6 is 0 Å². The Hall–Kier alpha value is -1.06. The Balaban J connectivity index is 2.48. The summed E-state index contributed by atoms with van der Waals surface area (Å²) in [4.78, 5) is 15.2. The monoisotopic (exact) mass is 112 g/mol. The predicted molar refractivity (Wildman–Crippen MR) is 28.6 cm³/mol. The van der Waals surface area contributed by atoms with E-state index in [4.69, 9.17) is 5.73 Å². The molecule has 1 heterocycles. The molecule has 1 rings (SSSR count). The van der Waals surface area contributed by atoms with Crippen LogP contribution in [0.3, 0.4) is 0 Å². The number of rotatable bonds is 0. The van der Waals surface area contributed by atoms with Crippen molar-refractivity contribution in [3.05, 3.63) is 0 Å². The van der Waals surface area contributed by atoms with Gasteiger partial charge in [0.1, 0.15) is 0 Å². The average molecular weight is 112 g/mol. The van der Waals surface area contributed by atoms with E-state index >= 15 is 0 Å². The zero-order chi connectivity index (χ0) is 5.98. The molecule has 43 valence electrons. The Morgan fingerprint density at radius 2 is 2.62 bits per heavy atom. The lowest BCUT2D eigenvalue weighted by molar-refractivity contribution is 0.232. The number of urea groups is 1. The first-order valence-electron chi connectivity index (χ1n) is 2.33. The highest BCUT2D eigenvalue weighted by atomic mass is 16.2. The lowest BCUT2D eigenvalue weighted by Crippen LogP contribution is -2.26. The summed E-state index contributed by atoms with van der Waals surface area (Å²) in [6, 6.07) is -0.675. The maximum Gasteiger partial charge on any atom is 0.341 e. The summed E-state index contributed by atoms with van der Waals surface area (Å²) in [6.07, 6.45) is 1.40. The van der Waals surface area contributed by atoms with Gasteiger partial charge in [0.25, 0.3) is 0 Å². The van der Waals surface area contributed by atoms with Crippen LogP contribution in [0.4, 0.5) is 4.79 Å². The summed E-state index contributed by atoms with van der Waals surface area (Å²) in [7, 11) is 0. The molecule has 2 amide bonds. The minimum absolute atomic E-state index is 0.572. The molecule has 1 radical (unpaired) electrons. The van der Waals surface area contributed by atoms with Crippen LogP contribution in [0.5, 0.6) is 0 Å². The minimum Gasteiger partial charge on any atom is -0.282 e. The fourth-order valence-corrected chi connectivity index (χ4v) is 0.533. The third kappa shape index (κ3) is 0.776. The van der Waals surface area contributed by atoms with Gasteiger partial charge in [0.2, 0.25) is 0 Å². The first-order chi connectivity index (χ1) is 3.80. The molecular weight excluding hydrogens is 106 g/mol. The standard InChI is InChI=1S/C4H6N3O/c5-4(8)7-2-1-6-3-7/h3,5H,1-2H2. The molecule has 0 unspecified atom stereocenters. The maximum absolute atomic E-state index is 10.1. The number of carbonyl (C=O) groups excluding carboxylic acids is 1. The van der Waals surface area contributed by atoms with Crippen molar-refractivity contribution in [3.8, 4) is 0 Å². The molecule has 0 atom stereocenters. The number of hydrogen-bond donors (Lipinski definition) is 0. The van der Waals surface area contributed by atoms with Crippen LogP contribution in [0, 0.1) is 0 Å². The number of hydrogen-bond acceptors (Lipinski definition) is 2. The third-order valence-electron chi connectivity index (χ3n) is 0.952. The molecule has 0 bridgehead atoms. The van der Waals surface area contributed by atoms with E-state index in [2.05, 4.69) is 4.99 Å². The van der Waals surface area contributed by atoms with Gasteiger partial charge in [-0.3, -0.25) is 9.89 Å². The van der Waals surface area contributed by atoms with Crippen molar-refractivity contribution in [2.45, 2.75) is 0 Å². The lowest BCUT2D eigenvalue weighted by atomic mass is 10.6. The van der Waals surface area contributed by atoms with Crippen LogP contribution in [-0.4, -0.2) is 30.4 Å². The van der Waals surface area contributed by atoms with Gasteiger partial charge in [-0.25, -0.2) is 10.5 Å². The van der Waals surface area contributed by atoms with Crippen molar-refractivity contribution in [2.75, 3.05) is 13.1 Å². The van der Waals surface area contributed by atoms with Gasteiger partial charge in [-0.05, 0) is 0 Å². The molecule has 0 saturated carbocycles. The van der Waals surface area contributed by atoms with Crippen molar-refractivity contribution >= 4 is 12.4 Å². The fourth-order valence-electron chi connectivity index (χ4n) is 0.533. The topological polar surface area (TPSA) is 56.5 Å². The molecule has 0 aromatic heterocycles. The Labute approximate surface area is 47.0 Å². The molecule has 0 aromatic rings. The van der Waals surface area contributed by atoms with Crippen LogP contribution in [0.1, 0.15) is 0 Å². The number of nitrogens with one attached hydrogen (secondary N) is 1. The van der Waals surface area contributed by atoms with E-state index in [1.165, 1.54) is 11.2 Å². The molecule has 0 aliphatic carbocycles. The van der Waals surface area contributed by atoms with Gasteiger partial charge >= 0.3 is 6.03 Å². The normalized spacial score (nSPS) is 17.2. The maximum atomic E-state index is 10.1. The van der Waals surface area contributed by atoms with Crippen molar-refractivity contribution in [1.29, 1.82) is 0 Å². The third-order valence-corrected chi connectivity index (χ3v) is 0.952. The number of amides is 2. The van der Waals surface area contributed by atoms with Gasteiger partial charge < -0.3 is 0 Å². The molecule has 4 heteroatoms. The number of carbonyl (C=O) groups is 1. The molecule has 0 fully saturated rings. The van der Waals surface area contributed by atoms with Gasteiger partial charge in [-0.2, -0.15) is 0 Å². The lowest BCUT2D eigenvalue weighted by Gasteiger charge is -2.03. The number of aliphatic imine (C=N–C) groups is 1. The molecule has 1 aliphatic rings. The summed E-state index contributed by atoms with van der Waals surface area (Å²) in [5.41, 5.74) is 6.57. The van der Waals surface area contributed by atoms with Crippen molar-refractivity contribution in [2.24, 2.45) is 4.99 Å². The summed E-state index contributed by atoms with van der Waals surface area (Å²) in [5, 5.41) is 0. The second-order valence-corrected chi connectivity index (χ2v) is 1.52. The van der Waals surface area contributed by atoms with Gasteiger partial charge in [0.05, 0.1) is 12.9 Å². The van der Waals surface area contributed by atoms with Gasteiger partial charge in [0, 0.05) is 6.54 Å². The second-order valence-electron chi connectivity index (χ2n) is 1.52. The van der Waals surface area contributed by atoms with E-state index < -0.39 is 6.03 Å². The summed E-state index contributed by atoms with van der Waals surface area (Å²) >= 11 is 0. The second kappa shape index (κ2) is 1.81. The highest BCUT2D eigenvalue weighted by Crippen LogP contribution is 1.90. The molecule has 8 heavy (non-hydrogen) atoms. The summed E-state index contributed by atoms with van der Waals surface area (Å²) < 4.78 is 0. The van der Waals surface area contributed by atoms with E-state index in [0.717, 1.165) is 0 Å². The van der Waals surface area contributed by atoms with Crippen molar-refractivity contribution in [3.63, 3.8) is 0 Å². The van der Waals surface area contributed by atoms with Crippen molar-refractivity contribution in [1.82, 2.24) is 10.6 Å². The van der Waals surface area contributed by atoms with Crippen LogP contribution in [0.15, 0.2) is 4.99 Å². The first-order valence-corrected chi connectivity index (χ1v) is 2.33. The number of nitrogens with zero attached hydrogens (tertiary/aromatic N) is 2. The van der Waals surface area contributed by atoms with Crippen LogP contribution in [0.2, 0.25) is 0 Å². The van der Waals surface area contributed by atoms with Gasteiger partial charge in [-0.1, -0.05) is 0 Å². The van der Waals surface area contributed by atoms with Gasteiger partial charge in [-0.15, -0.1) is 0 Å². The van der Waals surface area contributed by atoms with Crippen LogP contribution in [0.25, 0.3) is 0 Å². The zero-order valence-corrected chi connectivity index (χ0v) is 4.29. The molecule has 0 aromatic carbocycles. The largest absolute Gasteiger partial charge is 0.341 e. The van der Waals surface area contributed by atoms with Crippen molar-refractivity contribution < 1.29 is 4.79 Å². The SMILES string of the molecule is [NH]C(=O)N1C=NCC1. The van der Waals surface area contributed by atoms with Crippen LogP contribution < -0.4 is 5.73 Å². The molecule has 4 nitrogen and oxygen atoms in total. The Morgan fingerprint density at radius 3 is 2.88 bits per heavy atom. The Kier molecular flexibility index (Phi) is 1.15. The van der Waals surface area contributed by atoms with E-state index in [1.807, 2.05) is 0 Å². The Bertz CT molecular complexity index is 131. The average Bonchev–Trinajstić information content (AvgIpc) is 2.12. The minimum atomic E-state index is -0.675. The van der Waals surface area contributed by atoms with E-state index in [0.29, 0.717) is 13.1 Å². The smallest absolute Gasteiger partial charge is 0.282 e. The summed E-state index contributed by atoms with van der Waals surface area (Å²) in [6.45, 7) is 1.22. The predicted octanol–water partition coefficient (Wildman–Crippen LogP) is -0.267. The molecule has 1 aliphatic heterocycles. The molecule has 1 N–H and O–H groups in total. The molecular formula is C4H6N3O. The highest BCUT2D eigenvalue weighted by Gasteiger charge is 2.09. The Morgan fingerprint density at radius 1 is 1.88 bits per heavy atom. The fraction of sp³-hybridized carbons (Fsp3) is 0.500. The zero-order valence-electron chi connectivity index (χ0n) is 4.29. The van der Waals surface area contributed by atoms with Gasteiger partial charge in [0.15, 0.2) is 0 Å². The van der Waals surface area contributed by atoms with E-state index in [9.17, 15) is 4.79 Å². The first kappa shape index (κ1) is 5.08. The van der Waals surface area contributed by atoms with E-state index in [1.54, 1.807) is 0 Å². The molecule has 0 saturated heterocycles. The molecule has 0 spiro atoms. The van der Waals surface area contributed by atoms with E-state index in [-0.39, 0.29) is 0 Å². The highest BCUT2D eigenvalue weighted by molar-refractivity contribution is 5.85. The summed E-state index contributed by atoms with van der Waals surface area (Å²) in [5.74, 6) is 0. The van der Waals surface area contributed by atoms with Crippen LogP contribution in [-0.2, 0) is 0 Å². The quantitative estimate of drug-likeness (QED) is 0.425.